The standard InChI is InChI=1S/C22H30N4O/c1-16(2)26(15-18-10-6-4-7-11-18)22-23-17(3)14-20(25-22)21(27)24-19-12-8-5-9-13-19/h4,6-7,10-11,14,16,19H,5,8-9,12-13,15H2,1-3H3,(H,24,27). The number of aromatic nitrogens is 2. The third-order valence-corrected chi connectivity index (χ3v) is 5.09. The highest BCUT2D eigenvalue weighted by Gasteiger charge is 2.20. The molecule has 1 aromatic heterocycles. The summed E-state index contributed by atoms with van der Waals surface area (Å²) in [6.45, 7) is 6.88. The summed E-state index contributed by atoms with van der Waals surface area (Å²) >= 11 is 0. The molecular formula is C22H30N4O. The zero-order valence-electron chi connectivity index (χ0n) is 16.6. The van der Waals surface area contributed by atoms with Gasteiger partial charge in [0.25, 0.3) is 5.91 Å². The maximum Gasteiger partial charge on any atom is 0.270 e. The van der Waals surface area contributed by atoms with Crippen molar-refractivity contribution in [2.45, 2.75) is 71.5 Å². The monoisotopic (exact) mass is 366 g/mol. The van der Waals surface area contributed by atoms with Gasteiger partial charge in [-0.05, 0) is 45.2 Å². The second kappa shape index (κ2) is 8.98. The van der Waals surface area contributed by atoms with Crippen LogP contribution in [-0.4, -0.2) is 28.0 Å². The minimum absolute atomic E-state index is 0.0860. The van der Waals surface area contributed by atoms with Crippen molar-refractivity contribution in [1.29, 1.82) is 0 Å². The summed E-state index contributed by atoms with van der Waals surface area (Å²) in [4.78, 5) is 24.1. The lowest BCUT2D eigenvalue weighted by Gasteiger charge is -2.27. The van der Waals surface area contributed by atoms with Crippen LogP contribution in [0.1, 0.15) is 67.7 Å². The number of benzene rings is 1. The number of carbonyl (C=O) groups is 1. The Morgan fingerprint density at radius 1 is 1.15 bits per heavy atom. The van der Waals surface area contributed by atoms with Gasteiger partial charge in [0.1, 0.15) is 5.69 Å². The maximum absolute atomic E-state index is 12.7. The number of hydrogen-bond donors (Lipinski definition) is 1. The van der Waals surface area contributed by atoms with Crippen molar-refractivity contribution in [3.63, 3.8) is 0 Å². The molecule has 1 aromatic carbocycles. The van der Waals surface area contributed by atoms with E-state index in [0.717, 1.165) is 18.5 Å². The van der Waals surface area contributed by atoms with Gasteiger partial charge in [0.05, 0.1) is 0 Å². The van der Waals surface area contributed by atoms with Crippen LogP contribution in [0.25, 0.3) is 0 Å². The fourth-order valence-corrected chi connectivity index (χ4v) is 3.57. The SMILES string of the molecule is Cc1cc(C(=O)NC2CCCCC2)nc(N(Cc2ccccc2)C(C)C)n1. The van der Waals surface area contributed by atoms with Crippen LogP contribution in [0, 0.1) is 6.92 Å². The number of anilines is 1. The van der Waals surface area contributed by atoms with E-state index in [9.17, 15) is 4.79 Å². The molecule has 0 unspecified atom stereocenters. The van der Waals surface area contributed by atoms with E-state index in [0.29, 0.717) is 18.2 Å². The van der Waals surface area contributed by atoms with E-state index >= 15 is 0 Å². The van der Waals surface area contributed by atoms with Gasteiger partial charge >= 0.3 is 0 Å². The molecule has 1 aliphatic carbocycles. The Kier molecular flexibility index (Phi) is 6.43. The van der Waals surface area contributed by atoms with E-state index < -0.39 is 0 Å². The second-order valence-corrected chi connectivity index (χ2v) is 7.71. The first-order valence-corrected chi connectivity index (χ1v) is 10.00. The Morgan fingerprint density at radius 3 is 2.52 bits per heavy atom. The van der Waals surface area contributed by atoms with Crippen LogP contribution in [0.3, 0.4) is 0 Å². The van der Waals surface area contributed by atoms with Crippen molar-refractivity contribution >= 4 is 11.9 Å². The van der Waals surface area contributed by atoms with Crippen LogP contribution < -0.4 is 10.2 Å². The highest BCUT2D eigenvalue weighted by Crippen LogP contribution is 2.19. The zero-order chi connectivity index (χ0) is 19.2. The van der Waals surface area contributed by atoms with Crippen LogP contribution >= 0.6 is 0 Å². The van der Waals surface area contributed by atoms with Gasteiger partial charge in [-0.1, -0.05) is 49.6 Å². The normalized spacial score (nSPS) is 15.0. The van der Waals surface area contributed by atoms with Gasteiger partial charge in [-0.15, -0.1) is 0 Å². The molecule has 0 bridgehead atoms. The topological polar surface area (TPSA) is 58.1 Å². The van der Waals surface area contributed by atoms with Crippen LogP contribution in [0.15, 0.2) is 36.4 Å². The molecule has 1 fully saturated rings. The summed E-state index contributed by atoms with van der Waals surface area (Å²) in [6.07, 6.45) is 5.78. The molecule has 0 saturated heterocycles. The van der Waals surface area contributed by atoms with Gasteiger partial charge in [0.2, 0.25) is 5.95 Å². The van der Waals surface area contributed by atoms with Gasteiger partial charge in [0, 0.05) is 24.3 Å². The number of aryl methyl sites for hydroxylation is 1. The van der Waals surface area contributed by atoms with Crippen LogP contribution in [0.5, 0.6) is 0 Å². The number of rotatable bonds is 6. The summed E-state index contributed by atoms with van der Waals surface area (Å²) in [7, 11) is 0. The molecule has 0 aliphatic heterocycles. The minimum atomic E-state index is -0.0860. The van der Waals surface area contributed by atoms with Crippen LogP contribution in [-0.2, 0) is 6.54 Å². The molecule has 5 nitrogen and oxygen atoms in total. The first-order valence-electron chi connectivity index (χ1n) is 10.00. The number of amides is 1. The molecule has 1 N–H and O–H groups in total. The average molecular weight is 367 g/mol. The van der Waals surface area contributed by atoms with Crippen molar-refractivity contribution in [3.8, 4) is 0 Å². The van der Waals surface area contributed by atoms with E-state index in [4.69, 9.17) is 0 Å². The largest absolute Gasteiger partial charge is 0.348 e. The van der Waals surface area contributed by atoms with Crippen LogP contribution in [0.2, 0.25) is 0 Å². The Bertz CT molecular complexity index is 754. The highest BCUT2D eigenvalue weighted by molar-refractivity contribution is 5.92. The van der Waals surface area contributed by atoms with Crippen molar-refractivity contribution in [3.05, 3.63) is 53.3 Å². The maximum atomic E-state index is 12.7. The van der Waals surface area contributed by atoms with Gasteiger partial charge in [0.15, 0.2) is 0 Å². The smallest absolute Gasteiger partial charge is 0.270 e. The fourth-order valence-electron chi connectivity index (χ4n) is 3.57. The first kappa shape index (κ1) is 19.3. The lowest BCUT2D eigenvalue weighted by molar-refractivity contribution is 0.0922. The molecular weight excluding hydrogens is 336 g/mol. The molecule has 1 amide bonds. The van der Waals surface area contributed by atoms with Gasteiger partial charge in [-0.3, -0.25) is 4.79 Å². The summed E-state index contributed by atoms with van der Waals surface area (Å²) in [5.41, 5.74) is 2.47. The predicted octanol–water partition coefficient (Wildman–Crippen LogP) is 4.26. The van der Waals surface area contributed by atoms with Crippen molar-refractivity contribution in [2.24, 2.45) is 0 Å². The van der Waals surface area contributed by atoms with E-state index in [1.54, 1.807) is 6.07 Å². The zero-order valence-corrected chi connectivity index (χ0v) is 16.6. The molecule has 1 aliphatic rings. The number of nitrogens with one attached hydrogen (secondary N) is 1. The van der Waals surface area contributed by atoms with E-state index in [2.05, 4.69) is 46.2 Å². The molecule has 144 valence electrons. The van der Waals surface area contributed by atoms with Crippen molar-refractivity contribution in [2.75, 3.05) is 4.90 Å². The van der Waals surface area contributed by atoms with E-state index in [1.165, 1.54) is 24.8 Å². The Labute approximate surface area is 162 Å². The van der Waals surface area contributed by atoms with Gasteiger partial charge in [-0.2, -0.15) is 0 Å². The lowest BCUT2D eigenvalue weighted by atomic mass is 9.95. The van der Waals surface area contributed by atoms with Gasteiger partial charge in [-0.25, -0.2) is 9.97 Å². The molecule has 5 heteroatoms. The van der Waals surface area contributed by atoms with Crippen LogP contribution in [0.4, 0.5) is 5.95 Å². The first-order chi connectivity index (χ1) is 13.0. The average Bonchev–Trinajstić information content (AvgIpc) is 2.67. The van der Waals surface area contributed by atoms with E-state index in [1.807, 2.05) is 25.1 Å². The summed E-state index contributed by atoms with van der Waals surface area (Å²) in [6, 6.07) is 12.6. The number of hydrogen-bond acceptors (Lipinski definition) is 4. The minimum Gasteiger partial charge on any atom is -0.348 e. The summed E-state index contributed by atoms with van der Waals surface area (Å²) < 4.78 is 0. The lowest BCUT2D eigenvalue weighted by Crippen LogP contribution is -2.37. The highest BCUT2D eigenvalue weighted by atomic mass is 16.1. The predicted molar refractivity (Wildman–Crippen MR) is 109 cm³/mol. The molecule has 3 rings (SSSR count). The van der Waals surface area contributed by atoms with E-state index in [-0.39, 0.29) is 18.0 Å². The number of nitrogens with zero attached hydrogens (tertiary/aromatic N) is 3. The molecule has 27 heavy (non-hydrogen) atoms. The third kappa shape index (κ3) is 5.28. The Balaban J connectivity index is 1.80. The molecule has 0 spiro atoms. The Morgan fingerprint density at radius 2 is 1.85 bits per heavy atom. The molecule has 0 radical (unpaired) electrons. The third-order valence-electron chi connectivity index (χ3n) is 5.09. The fraction of sp³-hybridized carbons (Fsp3) is 0.500. The van der Waals surface area contributed by atoms with Crippen molar-refractivity contribution in [1.82, 2.24) is 15.3 Å². The molecule has 1 heterocycles. The second-order valence-electron chi connectivity index (χ2n) is 7.71. The molecule has 0 atom stereocenters. The molecule has 1 saturated carbocycles. The quantitative estimate of drug-likeness (QED) is 0.830. The Hall–Kier alpha value is -2.43. The molecule has 2 aromatic rings. The number of carbonyl (C=O) groups excluding carboxylic acids is 1. The van der Waals surface area contributed by atoms with Gasteiger partial charge < -0.3 is 10.2 Å². The summed E-state index contributed by atoms with van der Waals surface area (Å²) in [5.74, 6) is 0.528. The van der Waals surface area contributed by atoms with Crippen molar-refractivity contribution < 1.29 is 4.79 Å². The summed E-state index contributed by atoms with van der Waals surface area (Å²) in [5, 5.41) is 3.16.